The minimum atomic E-state index is -0.398. The molecule has 1 aromatic carbocycles. The minimum Gasteiger partial charge on any atom is -0.483 e. The van der Waals surface area contributed by atoms with E-state index in [1.54, 1.807) is 25.1 Å². The molecule has 0 radical (unpaired) electrons. The van der Waals surface area contributed by atoms with E-state index < -0.39 is 5.91 Å². The van der Waals surface area contributed by atoms with Crippen LogP contribution in [0.25, 0.3) is 0 Å². The van der Waals surface area contributed by atoms with E-state index in [1.165, 1.54) is 13.3 Å². The summed E-state index contributed by atoms with van der Waals surface area (Å²) < 4.78 is 10.5. The van der Waals surface area contributed by atoms with Gasteiger partial charge in [-0.05, 0) is 6.07 Å². The average Bonchev–Trinajstić information content (AvgIpc) is 3.04. The summed E-state index contributed by atoms with van der Waals surface area (Å²) in [6, 6.07) is 4.86. The number of amides is 2. The number of carbonyl (C=O) groups excluding carboxylic acids is 2. The maximum absolute atomic E-state index is 12.0. The van der Waals surface area contributed by atoms with E-state index in [1.807, 2.05) is 0 Å². The summed E-state index contributed by atoms with van der Waals surface area (Å²) in [5.41, 5.74) is 6.73. The largest absolute Gasteiger partial charge is 0.483 e. The van der Waals surface area contributed by atoms with Gasteiger partial charge in [0.2, 0.25) is 0 Å². The molecule has 5 N–H and O–H groups in total. The first-order valence-corrected chi connectivity index (χ1v) is 7.41. The Balaban J connectivity index is 2.13. The molecule has 0 bridgehead atoms. The molecule has 9 heteroatoms. The van der Waals surface area contributed by atoms with Crippen LogP contribution < -0.4 is 21.1 Å². The zero-order valence-corrected chi connectivity index (χ0v) is 13.9. The van der Waals surface area contributed by atoms with E-state index in [9.17, 15) is 9.59 Å². The van der Waals surface area contributed by atoms with Gasteiger partial charge < -0.3 is 25.5 Å². The fourth-order valence-electron chi connectivity index (χ4n) is 1.95. The fraction of sp³-hybridized carbons (Fsp3) is 0.250. The number of benzene rings is 1. The highest BCUT2D eigenvalue weighted by Crippen LogP contribution is 2.21. The molecule has 132 valence electrons. The Bertz CT molecular complexity index is 800. The summed E-state index contributed by atoms with van der Waals surface area (Å²) in [7, 11) is 1.50. The van der Waals surface area contributed by atoms with Crippen LogP contribution in [-0.2, 0) is 11.3 Å². The van der Waals surface area contributed by atoms with Gasteiger partial charge in [0.25, 0.3) is 11.8 Å². The zero-order chi connectivity index (χ0) is 18.4. The number of aromatic nitrogens is 1. The molecule has 0 unspecified atom stereocenters. The van der Waals surface area contributed by atoms with Crippen molar-refractivity contribution in [1.82, 2.24) is 15.6 Å². The van der Waals surface area contributed by atoms with Crippen LogP contribution in [0.1, 0.15) is 27.5 Å². The van der Waals surface area contributed by atoms with Crippen molar-refractivity contribution in [2.24, 2.45) is 5.73 Å². The number of likely N-dealkylation sites (N-methyl/N-ethyl adjacent to an activating group) is 1. The lowest BCUT2D eigenvalue weighted by Gasteiger charge is -2.13. The summed E-state index contributed by atoms with van der Waals surface area (Å²) in [6.45, 7) is 1.59. The van der Waals surface area contributed by atoms with Gasteiger partial charge in [0.15, 0.2) is 18.2 Å². The quantitative estimate of drug-likeness (QED) is 0.420. The lowest BCUT2D eigenvalue weighted by Crippen LogP contribution is -2.26. The molecule has 0 aliphatic rings. The van der Waals surface area contributed by atoms with Crippen molar-refractivity contribution in [3.8, 4) is 5.75 Å². The maximum Gasteiger partial charge on any atom is 0.273 e. The molecule has 0 fully saturated rings. The first-order valence-electron chi connectivity index (χ1n) is 7.41. The molecule has 2 aromatic rings. The van der Waals surface area contributed by atoms with Crippen LogP contribution in [-0.4, -0.2) is 36.3 Å². The molecule has 0 saturated heterocycles. The van der Waals surface area contributed by atoms with Gasteiger partial charge in [-0.3, -0.25) is 15.0 Å². The molecule has 0 aliphatic heterocycles. The zero-order valence-electron chi connectivity index (χ0n) is 13.9. The molecule has 0 spiro atoms. The third kappa shape index (κ3) is 4.80. The molecular formula is C16H19N5O4. The highest BCUT2D eigenvalue weighted by Gasteiger charge is 2.13. The van der Waals surface area contributed by atoms with E-state index in [4.69, 9.17) is 20.3 Å². The third-order valence-electron chi connectivity index (χ3n) is 3.31. The maximum atomic E-state index is 12.0. The predicted molar refractivity (Wildman–Crippen MR) is 89.4 cm³/mol. The Kier molecular flexibility index (Phi) is 5.72. The van der Waals surface area contributed by atoms with Crippen molar-refractivity contribution in [3.63, 3.8) is 0 Å². The van der Waals surface area contributed by atoms with Crippen LogP contribution in [0.3, 0.4) is 0 Å². The number of hydrogen-bond donors (Lipinski definition) is 4. The minimum absolute atomic E-state index is 0.126. The number of nitrogens with two attached hydrogens (primary N) is 1. The number of nitrogens with one attached hydrogen (secondary N) is 3. The smallest absolute Gasteiger partial charge is 0.273 e. The summed E-state index contributed by atoms with van der Waals surface area (Å²) >= 11 is 0. The van der Waals surface area contributed by atoms with Crippen LogP contribution >= 0.6 is 0 Å². The fourth-order valence-corrected chi connectivity index (χ4v) is 1.95. The molecule has 0 atom stereocenters. The van der Waals surface area contributed by atoms with Crippen molar-refractivity contribution < 1.29 is 18.7 Å². The van der Waals surface area contributed by atoms with Crippen molar-refractivity contribution >= 4 is 17.6 Å². The molecule has 0 aliphatic carbocycles. The molecule has 2 rings (SSSR count). The molecule has 25 heavy (non-hydrogen) atoms. The second-order valence-electron chi connectivity index (χ2n) is 5.13. The summed E-state index contributed by atoms with van der Waals surface area (Å²) in [6.07, 6.45) is 1.27. The number of carbonyl (C=O) groups is 2. The van der Waals surface area contributed by atoms with Gasteiger partial charge in [-0.15, -0.1) is 0 Å². The van der Waals surface area contributed by atoms with Crippen LogP contribution in [0.4, 0.5) is 0 Å². The Morgan fingerprint density at radius 1 is 1.40 bits per heavy atom. The van der Waals surface area contributed by atoms with Gasteiger partial charge in [0, 0.05) is 31.6 Å². The van der Waals surface area contributed by atoms with E-state index in [-0.39, 0.29) is 30.6 Å². The summed E-state index contributed by atoms with van der Waals surface area (Å²) in [5.74, 6) is -0.0806. The van der Waals surface area contributed by atoms with Gasteiger partial charge in [0.1, 0.15) is 17.8 Å². The van der Waals surface area contributed by atoms with Gasteiger partial charge in [-0.1, -0.05) is 12.1 Å². The van der Waals surface area contributed by atoms with Crippen molar-refractivity contribution in [2.75, 3.05) is 13.7 Å². The lowest BCUT2D eigenvalue weighted by atomic mass is 10.1. The van der Waals surface area contributed by atoms with Gasteiger partial charge >= 0.3 is 0 Å². The standard InChI is InChI=1S/C16H19N5O4/c1-9-21-12(7-24-9)16(23)20-6-11-4-3-10(15(17)18)5-13(11)25-8-14(22)19-2/h3-5,7H,6,8H2,1-2H3,(H3,17,18)(H,19,22)(H,20,23). The van der Waals surface area contributed by atoms with Crippen LogP contribution in [0.15, 0.2) is 28.9 Å². The molecule has 1 aromatic heterocycles. The topological polar surface area (TPSA) is 143 Å². The number of rotatable bonds is 7. The number of nitrogens with zero attached hydrogens (tertiary/aromatic N) is 1. The molecule has 2 amide bonds. The number of amidine groups is 1. The number of aryl methyl sites for hydroxylation is 1. The Hall–Kier alpha value is -3.36. The van der Waals surface area contributed by atoms with Crippen LogP contribution in [0, 0.1) is 12.3 Å². The molecule has 1 heterocycles. The van der Waals surface area contributed by atoms with Crippen LogP contribution in [0.2, 0.25) is 0 Å². The number of ether oxygens (including phenoxy) is 1. The first-order chi connectivity index (χ1) is 11.9. The van der Waals surface area contributed by atoms with Gasteiger partial charge in [-0.2, -0.15) is 0 Å². The number of hydrogen-bond acceptors (Lipinski definition) is 6. The lowest BCUT2D eigenvalue weighted by molar-refractivity contribution is -0.122. The van der Waals surface area contributed by atoms with E-state index in [0.717, 1.165) is 0 Å². The average molecular weight is 345 g/mol. The predicted octanol–water partition coefficient (Wildman–Crippen LogP) is 0.322. The van der Waals surface area contributed by atoms with Crippen molar-refractivity contribution in [2.45, 2.75) is 13.5 Å². The Morgan fingerprint density at radius 3 is 2.76 bits per heavy atom. The third-order valence-corrected chi connectivity index (χ3v) is 3.31. The monoisotopic (exact) mass is 345 g/mol. The second kappa shape index (κ2) is 7.95. The second-order valence-corrected chi connectivity index (χ2v) is 5.13. The van der Waals surface area contributed by atoms with Crippen molar-refractivity contribution in [1.29, 1.82) is 5.41 Å². The normalized spacial score (nSPS) is 10.2. The van der Waals surface area contributed by atoms with E-state index in [0.29, 0.717) is 22.8 Å². The van der Waals surface area contributed by atoms with Crippen molar-refractivity contribution in [3.05, 3.63) is 47.2 Å². The van der Waals surface area contributed by atoms with Gasteiger partial charge in [-0.25, -0.2) is 4.98 Å². The van der Waals surface area contributed by atoms with E-state index >= 15 is 0 Å². The van der Waals surface area contributed by atoms with E-state index in [2.05, 4.69) is 15.6 Å². The number of oxazole rings is 1. The highest BCUT2D eigenvalue weighted by molar-refractivity contribution is 5.95. The number of nitrogen functional groups attached to an aromatic ring is 1. The van der Waals surface area contributed by atoms with Gasteiger partial charge in [0.05, 0.1) is 0 Å². The SMILES string of the molecule is CNC(=O)COc1cc(C(=N)N)ccc1CNC(=O)c1coc(C)n1. The first kappa shape index (κ1) is 18.0. The van der Waals surface area contributed by atoms with Crippen LogP contribution in [0.5, 0.6) is 5.75 Å². The molecule has 0 saturated carbocycles. The summed E-state index contributed by atoms with van der Waals surface area (Å²) in [4.78, 5) is 27.4. The Labute approximate surface area is 144 Å². The summed E-state index contributed by atoms with van der Waals surface area (Å²) in [5, 5.41) is 12.6. The molecule has 9 nitrogen and oxygen atoms in total. The Morgan fingerprint density at radius 2 is 2.16 bits per heavy atom. The highest BCUT2D eigenvalue weighted by atomic mass is 16.5. The molecular weight excluding hydrogens is 326 g/mol.